The summed E-state index contributed by atoms with van der Waals surface area (Å²) in [6.07, 6.45) is 1.59. The van der Waals surface area contributed by atoms with Crippen molar-refractivity contribution in [2.75, 3.05) is 0 Å². The lowest BCUT2D eigenvalue weighted by atomic mass is 10.2. The first-order valence-corrected chi connectivity index (χ1v) is 8.51. The SMILES string of the molecule is ClC(Cl)=Cn1sc(=Nc2ccccc2)nc1-c1ccc(Cl)cc1. The lowest BCUT2D eigenvalue weighted by Crippen LogP contribution is -1.96. The van der Waals surface area contributed by atoms with Crippen LogP contribution in [0, 0.1) is 0 Å². The van der Waals surface area contributed by atoms with Crippen LogP contribution < -0.4 is 4.80 Å². The molecule has 0 aliphatic rings. The van der Waals surface area contributed by atoms with Crippen molar-refractivity contribution in [3.8, 4) is 11.4 Å². The molecule has 0 fully saturated rings. The van der Waals surface area contributed by atoms with E-state index in [9.17, 15) is 0 Å². The van der Waals surface area contributed by atoms with Gasteiger partial charge in [-0.1, -0.05) is 53.0 Å². The highest BCUT2D eigenvalue weighted by Crippen LogP contribution is 2.22. The average Bonchev–Trinajstić information content (AvgIpc) is 2.90. The van der Waals surface area contributed by atoms with Gasteiger partial charge in [0.25, 0.3) is 0 Å². The van der Waals surface area contributed by atoms with Crippen molar-refractivity contribution in [1.82, 2.24) is 8.94 Å². The van der Waals surface area contributed by atoms with Gasteiger partial charge in [0.2, 0.25) is 4.80 Å². The largest absolute Gasteiger partial charge is 0.251 e. The predicted molar refractivity (Wildman–Crippen MR) is 98.2 cm³/mol. The van der Waals surface area contributed by atoms with E-state index < -0.39 is 0 Å². The molecule has 0 atom stereocenters. The van der Waals surface area contributed by atoms with Gasteiger partial charge in [0.15, 0.2) is 5.82 Å². The number of para-hydroxylation sites is 1. The fraction of sp³-hybridized carbons (Fsp3) is 0. The predicted octanol–water partition coefficient (Wildman–Crippen LogP) is 5.73. The molecule has 0 aliphatic heterocycles. The quantitative estimate of drug-likeness (QED) is 0.569. The van der Waals surface area contributed by atoms with E-state index >= 15 is 0 Å². The minimum atomic E-state index is 0.139. The summed E-state index contributed by atoms with van der Waals surface area (Å²) in [4.78, 5) is 9.69. The van der Waals surface area contributed by atoms with Gasteiger partial charge in [-0.25, -0.2) is 4.99 Å². The fourth-order valence-corrected chi connectivity index (χ4v) is 3.19. The van der Waals surface area contributed by atoms with Crippen LogP contribution in [0.1, 0.15) is 0 Å². The summed E-state index contributed by atoms with van der Waals surface area (Å²) in [7, 11) is 0. The third-order valence-electron chi connectivity index (χ3n) is 2.89. The number of hydrogen-bond donors (Lipinski definition) is 0. The van der Waals surface area contributed by atoms with Crippen molar-refractivity contribution in [3.63, 3.8) is 0 Å². The van der Waals surface area contributed by atoms with Crippen LogP contribution in [-0.4, -0.2) is 8.94 Å². The Kier molecular flexibility index (Phi) is 5.18. The van der Waals surface area contributed by atoms with E-state index in [-0.39, 0.29) is 4.49 Å². The number of aromatic nitrogens is 2. The summed E-state index contributed by atoms with van der Waals surface area (Å²) >= 11 is 18.9. The Balaban J connectivity index is 2.13. The number of hydrogen-bond acceptors (Lipinski definition) is 3. The van der Waals surface area contributed by atoms with Crippen molar-refractivity contribution in [1.29, 1.82) is 0 Å². The van der Waals surface area contributed by atoms with Crippen LogP contribution in [0.3, 0.4) is 0 Å². The van der Waals surface area contributed by atoms with E-state index in [2.05, 4.69) is 9.98 Å². The molecule has 3 aromatic rings. The number of benzene rings is 2. The molecule has 0 radical (unpaired) electrons. The molecule has 1 aromatic heterocycles. The zero-order chi connectivity index (χ0) is 16.2. The maximum Gasteiger partial charge on any atom is 0.228 e. The zero-order valence-corrected chi connectivity index (χ0v) is 14.7. The number of halogens is 3. The van der Waals surface area contributed by atoms with E-state index in [4.69, 9.17) is 34.8 Å². The Morgan fingerprint density at radius 2 is 1.74 bits per heavy atom. The molecule has 0 N–H and O–H groups in total. The maximum atomic E-state index is 5.94. The second-order valence-corrected chi connectivity index (χ2v) is 6.89. The van der Waals surface area contributed by atoms with Gasteiger partial charge >= 0.3 is 0 Å². The molecule has 23 heavy (non-hydrogen) atoms. The van der Waals surface area contributed by atoms with Gasteiger partial charge in [-0.05, 0) is 47.9 Å². The van der Waals surface area contributed by atoms with Crippen LogP contribution in [0.25, 0.3) is 17.6 Å². The molecule has 0 spiro atoms. The molecule has 0 saturated heterocycles. The first-order chi connectivity index (χ1) is 11.1. The van der Waals surface area contributed by atoms with Gasteiger partial charge in [-0.15, -0.1) is 0 Å². The Hall–Kier alpha value is -1.59. The summed E-state index contributed by atoms with van der Waals surface area (Å²) in [5.74, 6) is 0.695. The highest BCUT2D eigenvalue weighted by atomic mass is 35.5. The van der Waals surface area contributed by atoms with E-state index in [1.54, 1.807) is 22.3 Å². The normalized spacial score (nSPS) is 11.5. The third-order valence-corrected chi connectivity index (χ3v) is 4.16. The number of rotatable bonds is 3. The molecule has 1 heterocycles. The Bertz CT molecular complexity index is 892. The van der Waals surface area contributed by atoms with Crippen LogP contribution in [0.15, 0.2) is 64.1 Å². The van der Waals surface area contributed by atoms with Gasteiger partial charge < -0.3 is 0 Å². The number of nitrogens with zero attached hydrogens (tertiary/aromatic N) is 3. The van der Waals surface area contributed by atoms with Crippen LogP contribution in [0.2, 0.25) is 5.02 Å². The monoisotopic (exact) mass is 381 g/mol. The summed E-state index contributed by atoms with van der Waals surface area (Å²) in [5.41, 5.74) is 1.73. The van der Waals surface area contributed by atoms with Crippen molar-refractivity contribution < 1.29 is 0 Å². The second-order valence-electron chi connectivity index (χ2n) is 4.51. The van der Waals surface area contributed by atoms with Gasteiger partial charge in [0, 0.05) is 10.6 Å². The van der Waals surface area contributed by atoms with Crippen LogP contribution in [0.4, 0.5) is 5.69 Å². The Labute approximate surface area is 152 Å². The van der Waals surface area contributed by atoms with Gasteiger partial charge in [-0.3, -0.25) is 3.96 Å². The minimum Gasteiger partial charge on any atom is -0.251 e. The van der Waals surface area contributed by atoms with Crippen molar-refractivity contribution in [3.05, 3.63) is 68.9 Å². The Morgan fingerprint density at radius 3 is 2.39 bits per heavy atom. The summed E-state index contributed by atoms with van der Waals surface area (Å²) in [6.45, 7) is 0. The molecule has 0 amide bonds. The van der Waals surface area contributed by atoms with E-state index in [1.807, 2.05) is 42.5 Å². The van der Waals surface area contributed by atoms with Crippen molar-refractivity contribution >= 4 is 58.2 Å². The minimum absolute atomic E-state index is 0.139. The van der Waals surface area contributed by atoms with Gasteiger partial charge in [-0.2, -0.15) is 4.98 Å². The lowest BCUT2D eigenvalue weighted by Gasteiger charge is -2.01. The molecule has 116 valence electrons. The Morgan fingerprint density at radius 1 is 1.04 bits per heavy atom. The highest BCUT2D eigenvalue weighted by Gasteiger charge is 2.08. The lowest BCUT2D eigenvalue weighted by molar-refractivity contribution is 1.17. The molecule has 0 unspecified atom stereocenters. The van der Waals surface area contributed by atoms with Gasteiger partial charge in [0.05, 0.1) is 11.9 Å². The first-order valence-electron chi connectivity index (χ1n) is 6.60. The molecule has 2 aromatic carbocycles. The molecule has 0 aliphatic carbocycles. The zero-order valence-electron chi connectivity index (χ0n) is 11.7. The van der Waals surface area contributed by atoms with E-state index in [0.717, 1.165) is 11.3 Å². The van der Waals surface area contributed by atoms with Crippen LogP contribution in [0.5, 0.6) is 0 Å². The molecular formula is C16H10Cl3N3S. The smallest absolute Gasteiger partial charge is 0.228 e. The fourth-order valence-electron chi connectivity index (χ4n) is 1.92. The van der Waals surface area contributed by atoms with Gasteiger partial charge in [0.1, 0.15) is 4.49 Å². The topological polar surface area (TPSA) is 30.2 Å². The van der Waals surface area contributed by atoms with Crippen LogP contribution in [-0.2, 0) is 0 Å². The molecule has 3 nitrogen and oxygen atoms in total. The standard InChI is InChI=1S/C16H10Cl3N3S/c17-12-8-6-11(7-9-12)15-21-16(23-22(15)10-14(18)19)20-13-4-2-1-3-5-13/h1-10H. The van der Waals surface area contributed by atoms with E-state index in [1.165, 1.54) is 11.5 Å². The molecule has 7 heteroatoms. The first kappa shape index (κ1) is 16.3. The molecule has 0 bridgehead atoms. The van der Waals surface area contributed by atoms with Crippen LogP contribution >= 0.6 is 46.3 Å². The molecule has 0 saturated carbocycles. The van der Waals surface area contributed by atoms with E-state index in [0.29, 0.717) is 15.6 Å². The second kappa shape index (κ2) is 7.32. The maximum absolute atomic E-state index is 5.94. The highest BCUT2D eigenvalue weighted by molar-refractivity contribution is 7.04. The molecule has 3 rings (SSSR count). The third kappa shape index (κ3) is 4.24. The summed E-state index contributed by atoms with van der Waals surface area (Å²) < 4.78 is 1.92. The summed E-state index contributed by atoms with van der Waals surface area (Å²) in [6, 6.07) is 17.0. The summed E-state index contributed by atoms with van der Waals surface area (Å²) in [5, 5.41) is 0.663. The van der Waals surface area contributed by atoms with Crippen molar-refractivity contribution in [2.24, 2.45) is 4.99 Å². The molecular weight excluding hydrogens is 373 g/mol. The average molecular weight is 383 g/mol. The van der Waals surface area contributed by atoms with Crippen molar-refractivity contribution in [2.45, 2.75) is 0 Å².